The van der Waals surface area contributed by atoms with Gasteiger partial charge in [0.1, 0.15) is 0 Å². The molecule has 0 amide bonds. The molecule has 59 heavy (non-hydrogen) atoms. The van der Waals surface area contributed by atoms with Crippen LogP contribution in [0, 0.1) is 13.8 Å². The van der Waals surface area contributed by atoms with Crippen molar-refractivity contribution in [3.8, 4) is 39.1 Å². The van der Waals surface area contributed by atoms with E-state index in [1.807, 2.05) is 0 Å². The Morgan fingerprint density at radius 3 is 1.47 bits per heavy atom. The Balaban J connectivity index is 1.27. The summed E-state index contributed by atoms with van der Waals surface area (Å²) < 4.78 is 2.48. The van der Waals surface area contributed by atoms with E-state index in [0.717, 1.165) is 45.2 Å². The van der Waals surface area contributed by atoms with Crippen molar-refractivity contribution in [2.45, 2.75) is 13.8 Å². The largest absolute Gasteiger partial charge is 0.309 e. The fourth-order valence-electron chi connectivity index (χ4n) is 9.26. The molecule has 280 valence electrons. The maximum atomic E-state index is 2.51. The van der Waals surface area contributed by atoms with Gasteiger partial charge in [0.25, 0.3) is 0 Å². The van der Waals surface area contributed by atoms with Crippen molar-refractivity contribution < 1.29 is 0 Å². The minimum absolute atomic E-state index is 1.11. The van der Waals surface area contributed by atoms with Gasteiger partial charge in [-0.2, -0.15) is 0 Å². The zero-order chi connectivity index (χ0) is 39.5. The molecule has 0 saturated heterocycles. The third kappa shape index (κ3) is 5.66. The monoisotopic (exact) mass is 755 g/mol. The fraction of sp³-hybridized carbons (Fsp3) is 0.0357. The van der Waals surface area contributed by atoms with Gasteiger partial charge in [-0.25, -0.2) is 0 Å². The van der Waals surface area contributed by atoms with Crippen LogP contribution < -0.4 is 9.80 Å². The van der Waals surface area contributed by atoms with Crippen LogP contribution in [0.25, 0.3) is 60.9 Å². The predicted molar refractivity (Wildman–Crippen MR) is 249 cm³/mol. The van der Waals surface area contributed by atoms with Gasteiger partial charge < -0.3 is 14.4 Å². The normalized spacial score (nSPS) is 12.2. The number of anilines is 6. The van der Waals surface area contributed by atoms with Crippen molar-refractivity contribution in [2.75, 3.05) is 9.80 Å². The Morgan fingerprint density at radius 1 is 0.339 bits per heavy atom. The third-order valence-electron chi connectivity index (χ3n) is 11.9. The molecule has 2 heterocycles. The van der Waals surface area contributed by atoms with E-state index in [0.29, 0.717) is 0 Å². The van der Waals surface area contributed by atoms with Gasteiger partial charge in [-0.3, -0.25) is 0 Å². The van der Waals surface area contributed by atoms with E-state index < -0.39 is 0 Å². The van der Waals surface area contributed by atoms with Crippen LogP contribution in [-0.4, -0.2) is 4.57 Å². The Bertz CT molecular complexity index is 3110. The Labute approximate surface area is 345 Å². The first kappa shape index (κ1) is 34.6. The van der Waals surface area contributed by atoms with Gasteiger partial charge in [0, 0.05) is 33.4 Å². The summed E-state index contributed by atoms with van der Waals surface area (Å²) in [6.07, 6.45) is 0. The van der Waals surface area contributed by atoms with Gasteiger partial charge in [-0.05, 0) is 120 Å². The molecule has 1 aliphatic rings. The molecule has 0 atom stereocenters. The first-order chi connectivity index (χ1) is 29.1. The van der Waals surface area contributed by atoms with Crippen LogP contribution in [0.2, 0.25) is 0 Å². The summed E-state index contributed by atoms with van der Waals surface area (Å²) in [5, 5.41) is 2.41. The van der Waals surface area contributed by atoms with Gasteiger partial charge >= 0.3 is 0 Å². The molecule has 3 heteroatoms. The fourth-order valence-corrected chi connectivity index (χ4v) is 9.26. The second-order valence-electron chi connectivity index (χ2n) is 15.5. The highest BCUT2D eigenvalue weighted by molar-refractivity contribution is 6.23. The predicted octanol–water partition coefficient (Wildman–Crippen LogP) is 15.7. The molecule has 0 spiro atoms. The van der Waals surface area contributed by atoms with Crippen LogP contribution in [0.5, 0.6) is 0 Å². The van der Waals surface area contributed by atoms with E-state index >= 15 is 0 Å². The first-order valence-electron chi connectivity index (χ1n) is 20.4. The van der Waals surface area contributed by atoms with Crippen LogP contribution >= 0.6 is 0 Å². The summed E-state index contributed by atoms with van der Waals surface area (Å²) in [4.78, 5) is 5.02. The lowest BCUT2D eigenvalue weighted by molar-refractivity contribution is 1.16. The Morgan fingerprint density at radius 2 is 0.847 bits per heavy atom. The molecule has 3 nitrogen and oxygen atoms in total. The van der Waals surface area contributed by atoms with E-state index in [1.54, 1.807) is 0 Å². The topological polar surface area (TPSA) is 11.4 Å². The van der Waals surface area contributed by atoms with Crippen molar-refractivity contribution in [3.05, 3.63) is 223 Å². The molecule has 0 aliphatic carbocycles. The van der Waals surface area contributed by atoms with Crippen LogP contribution in [0.4, 0.5) is 34.1 Å². The molecular formula is C56H41N3. The minimum Gasteiger partial charge on any atom is -0.309 e. The molecule has 0 radical (unpaired) electrons. The van der Waals surface area contributed by atoms with E-state index in [4.69, 9.17) is 0 Å². The quantitative estimate of drug-likeness (QED) is 0.167. The van der Waals surface area contributed by atoms with Gasteiger partial charge in [0.05, 0.1) is 33.8 Å². The number of hydrogen-bond acceptors (Lipinski definition) is 2. The van der Waals surface area contributed by atoms with Crippen LogP contribution in [0.1, 0.15) is 11.1 Å². The Hall–Kier alpha value is -7.62. The molecule has 0 fully saturated rings. The smallest absolute Gasteiger partial charge is 0.0804 e. The lowest BCUT2D eigenvalue weighted by atomic mass is 9.90. The number of nitrogens with zero attached hydrogens (tertiary/aromatic N) is 3. The first-order valence-corrected chi connectivity index (χ1v) is 20.4. The average Bonchev–Trinajstić information content (AvgIpc) is 3.64. The van der Waals surface area contributed by atoms with Crippen LogP contribution in [0.3, 0.4) is 0 Å². The van der Waals surface area contributed by atoms with E-state index in [2.05, 4.69) is 241 Å². The molecular weight excluding hydrogens is 715 g/mol. The number of benzene rings is 9. The average molecular weight is 756 g/mol. The second-order valence-corrected chi connectivity index (χ2v) is 15.5. The lowest BCUT2D eigenvalue weighted by Gasteiger charge is -2.42. The number of hydrogen-bond donors (Lipinski definition) is 0. The molecule has 9 aromatic carbocycles. The lowest BCUT2D eigenvalue weighted by Crippen LogP contribution is -2.25. The zero-order valence-corrected chi connectivity index (χ0v) is 33.0. The SMILES string of the molecule is Cc1ccccc1-c1c(C)ccc2c1N(c1ccccc1)c1ccc3c(c1N2c1ccccc1)c1ccccc1n3-c1cc(-c2ccccc2)cc(-c2ccccc2)c1. The van der Waals surface area contributed by atoms with E-state index in [9.17, 15) is 0 Å². The van der Waals surface area contributed by atoms with Crippen LogP contribution in [0.15, 0.2) is 212 Å². The van der Waals surface area contributed by atoms with Crippen molar-refractivity contribution in [3.63, 3.8) is 0 Å². The number of para-hydroxylation sites is 3. The highest BCUT2D eigenvalue weighted by Gasteiger charge is 2.36. The summed E-state index contributed by atoms with van der Waals surface area (Å²) in [5.41, 5.74) is 20.0. The zero-order valence-electron chi connectivity index (χ0n) is 33.0. The van der Waals surface area contributed by atoms with Crippen molar-refractivity contribution in [1.82, 2.24) is 4.57 Å². The van der Waals surface area contributed by atoms with Crippen molar-refractivity contribution in [2.24, 2.45) is 0 Å². The van der Waals surface area contributed by atoms with Gasteiger partial charge in [-0.1, -0.05) is 146 Å². The van der Waals surface area contributed by atoms with Crippen LogP contribution in [-0.2, 0) is 0 Å². The van der Waals surface area contributed by atoms with Gasteiger partial charge in [0.15, 0.2) is 0 Å². The molecule has 0 unspecified atom stereocenters. The molecule has 0 N–H and O–H groups in total. The van der Waals surface area contributed by atoms with E-state index in [1.165, 1.54) is 61.0 Å². The second kappa shape index (κ2) is 14.1. The highest BCUT2D eigenvalue weighted by atomic mass is 15.3. The van der Waals surface area contributed by atoms with Gasteiger partial charge in [-0.15, -0.1) is 0 Å². The molecule has 10 aromatic rings. The summed E-state index contributed by atoms with van der Waals surface area (Å²) in [5.74, 6) is 0. The summed E-state index contributed by atoms with van der Waals surface area (Å²) in [6.45, 7) is 4.47. The van der Waals surface area contributed by atoms with E-state index in [-0.39, 0.29) is 0 Å². The summed E-state index contributed by atoms with van der Waals surface area (Å²) in [6, 6.07) is 77.3. The molecule has 11 rings (SSSR count). The maximum absolute atomic E-state index is 2.51. The molecule has 0 bridgehead atoms. The van der Waals surface area contributed by atoms with Gasteiger partial charge in [0.2, 0.25) is 0 Å². The summed E-state index contributed by atoms with van der Waals surface area (Å²) >= 11 is 0. The minimum atomic E-state index is 1.11. The third-order valence-corrected chi connectivity index (χ3v) is 11.9. The number of aryl methyl sites for hydroxylation is 2. The molecule has 0 saturated carbocycles. The summed E-state index contributed by atoms with van der Waals surface area (Å²) in [7, 11) is 0. The van der Waals surface area contributed by atoms with Crippen molar-refractivity contribution in [1.29, 1.82) is 0 Å². The molecule has 1 aromatic heterocycles. The standard InChI is InChI=1S/C56H41N3/c1-38-19-15-16-28-47(38)53-39(2)31-32-51-55(53)58(44-24-11-5-12-25-44)52-34-33-50-54(56(52)59(51)45-26-13-6-14-27-45)48-29-17-18-30-49(48)57(50)46-36-42(40-20-7-3-8-21-40)35-43(37-46)41-22-9-4-10-23-41/h3-37H,1-2H3. The Kier molecular flexibility index (Phi) is 8.27. The number of rotatable bonds is 6. The van der Waals surface area contributed by atoms with Crippen molar-refractivity contribution >= 4 is 55.9 Å². The highest BCUT2D eigenvalue weighted by Crippen LogP contribution is 2.60. The number of fused-ring (bicyclic) bond motifs is 6. The maximum Gasteiger partial charge on any atom is 0.0804 e. The molecule has 1 aliphatic heterocycles. The number of aromatic nitrogens is 1.